The molecule has 1 N–H and O–H groups in total. The number of nitrogens with zero attached hydrogens (tertiary/aromatic N) is 2. The van der Waals surface area contributed by atoms with E-state index in [1.54, 1.807) is 0 Å². The van der Waals surface area contributed by atoms with Crippen LogP contribution >= 0.6 is 0 Å². The van der Waals surface area contributed by atoms with Crippen LogP contribution in [0.5, 0.6) is 0 Å². The minimum Gasteiger partial charge on any atom is -0.266 e. The summed E-state index contributed by atoms with van der Waals surface area (Å²) in [5.74, 6) is 1.28. The standard InChI is InChI=1S/C13H21F2N3O2S/c1-8(2)10-4-9(5-10)7-21(19,20)17-12-6-11(13(14)15)18(3)16-12/h6,8-10,13H,4-5,7H2,1-3H3,(H,16,17). The van der Waals surface area contributed by atoms with E-state index in [0.29, 0.717) is 11.8 Å². The summed E-state index contributed by atoms with van der Waals surface area (Å²) in [7, 11) is -2.18. The topological polar surface area (TPSA) is 64.0 Å². The Morgan fingerprint density at radius 1 is 1.43 bits per heavy atom. The first kappa shape index (κ1) is 16.2. The van der Waals surface area contributed by atoms with E-state index in [0.717, 1.165) is 23.6 Å². The molecule has 1 heterocycles. The molecule has 120 valence electrons. The second kappa shape index (κ2) is 5.90. The molecular weight excluding hydrogens is 300 g/mol. The number of aromatic nitrogens is 2. The average molecular weight is 321 g/mol. The minimum absolute atomic E-state index is 0.0246. The summed E-state index contributed by atoms with van der Waals surface area (Å²) in [6.07, 6.45) is -0.870. The van der Waals surface area contributed by atoms with Crippen molar-refractivity contribution < 1.29 is 17.2 Å². The molecule has 0 aliphatic heterocycles. The van der Waals surface area contributed by atoms with Crippen LogP contribution < -0.4 is 4.72 Å². The monoisotopic (exact) mass is 321 g/mol. The Bertz CT molecular complexity index is 593. The third-order valence-electron chi connectivity index (χ3n) is 4.07. The maximum absolute atomic E-state index is 12.6. The number of nitrogens with one attached hydrogen (secondary N) is 1. The molecule has 0 amide bonds. The Labute approximate surface area is 123 Å². The van der Waals surface area contributed by atoms with Crippen LogP contribution in [0.4, 0.5) is 14.6 Å². The van der Waals surface area contributed by atoms with E-state index in [9.17, 15) is 17.2 Å². The molecule has 0 spiro atoms. The molecule has 0 saturated heterocycles. The normalized spacial score (nSPS) is 22.6. The first-order valence-corrected chi connectivity index (χ1v) is 8.65. The van der Waals surface area contributed by atoms with Gasteiger partial charge in [0.1, 0.15) is 5.69 Å². The van der Waals surface area contributed by atoms with E-state index in [1.807, 2.05) is 0 Å². The van der Waals surface area contributed by atoms with E-state index in [1.165, 1.54) is 7.05 Å². The van der Waals surface area contributed by atoms with Crippen LogP contribution in [-0.2, 0) is 17.1 Å². The predicted octanol–water partition coefficient (Wildman–Crippen LogP) is 2.78. The molecule has 1 fully saturated rings. The molecule has 0 bridgehead atoms. The predicted molar refractivity (Wildman–Crippen MR) is 76.6 cm³/mol. The van der Waals surface area contributed by atoms with Gasteiger partial charge in [-0.05, 0) is 30.6 Å². The molecule has 1 aliphatic rings. The molecule has 1 saturated carbocycles. The molecule has 0 aromatic carbocycles. The van der Waals surface area contributed by atoms with E-state index in [4.69, 9.17) is 0 Å². The number of hydrogen-bond donors (Lipinski definition) is 1. The fourth-order valence-electron chi connectivity index (χ4n) is 2.71. The van der Waals surface area contributed by atoms with Crippen LogP contribution in [0.2, 0.25) is 0 Å². The number of hydrogen-bond acceptors (Lipinski definition) is 3. The Morgan fingerprint density at radius 3 is 2.52 bits per heavy atom. The van der Waals surface area contributed by atoms with Crippen molar-refractivity contribution in [3.63, 3.8) is 0 Å². The number of aryl methyl sites for hydroxylation is 1. The van der Waals surface area contributed by atoms with Crippen molar-refractivity contribution in [2.24, 2.45) is 24.8 Å². The SMILES string of the molecule is CC(C)C1CC(CS(=O)(=O)Nc2cc(C(F)F)n(C)n2)C1. The number of anilines is 1. The van der Waals surface area contributed by atoms with Crippen molar-refractivity contribution in [3.8, 4) is 0 Å². The lowest BCUT2D eigenvalue weighted by Crippen LogP contribution is -2.34. The first-order valence-electron chi connectivity index (χ1n) is 7.00. The first-order chi connectivity index (χ1) is 9.68. The van der Waals surface area contributed by atoms with Gasteiger partial charge in [0.15, 0.2) is 5.82 Å². The molecule has 1 aromatic rings. The van der Waals surface area contributed by atoms with Gasteiger partial charge in [0.05, 0.1) is 5.75 Å². The quantitative estimate of drug-likeness (QED) is 0.876. The Morgan fingerprint density at radius 2 is 2.05 bits per heavy atom. The summed E-state index contributed by atoms with van der Waals surface area (Å²) in [6.45, 7) is 4.26. The summed E-state index contributed by atoms with van der Waals surface area (Å²) in [4.78, 5) is 0. The summed E-state index contributed by atoms with van der Waals surface area (Å²) in [5.41, 5.74) is -0.309. The van der Waals surface area contributed by atoms with Gasteiger partial charge in [-0.2, -0.15) is 5.10 Å². The molecule has 1 aromatic heterocycles. The second-order valence-electron chi connectivity index (χ2n) is 6.10. The van der Waals surface area contributed by atoms with Crippen LogP contribution in [0.25, 0.3) is 0 Å². The van der Waals surface area contributed by atoms with Crippen molar-refractivity contribution in [2.75, 3.05) is 10.5 Å². The fourth-order valence-corrected chi connectivity index (χ4v) is 4.11. The Kier molecular flexibility index (Phi) is 4.55. The number of rotatable bonds is 6. The van der Waals surface area contributed by atoms with Gasteiger partial charge >= 0.3 is 0 Å². The van der Waals surface area contributed by atoms with Crippen LogP contribution in [-0.4, -0.2) is 24.0 Å². The lowest BCUT2D eigenvalue weighted by atomic mass is 9.70. The van der Waals surface area contributed by atoms with E-state index < -0.39 is 16.4 Å². The molecule has 21 heavy (non-hydrogen) atoms. The number of halogens is 2. The molecule has 0 atom stereocenters. The van der Waals surface area contributed by atoms with Gasteiger partial charge in [-0.3, -0.25) is 9.40 Å². The highest BCUT2D eigenvalue weighted by Crippen LogP contribution is 2.39. The Balaban J connectivity index is 1.94. The van der Waals surface area contributed by atoms with Crippen molar-refractivity contribution in [3.05, 3.63) is 11.8 Å². The molecule has 8 heteroatoms. The zero-order valence-corrected chi connectivity index (χ0v) is 13.2. The van der Waals surface area contributed by atoms with Gasteiger partial charge in [0.2, 0.25) is 10.0 Å². The van der Waals surface area contributed by atoms with Crippen molar-refractivity contribution >= 4 is 15.8 Å². The summed E-state index contributed by atoms with van der Waals surface area (Å²) in [6, 6.07) is 1.07. The average Bonchev–Trinajstić information content (AvgIpc) is 2.62. The van der Waals surface area contributed by atoms with Crippen LogP contribution in [0.15, 0.2) is 6.07 Å². The zero-order valence-electron chi connectivity index (χ0n) is 12.4. The van der Waals surface area contributed by atoms with E-state index in [-0.39, 0.29) is 23.2 Å². The highest BCUT2D eigenvalue weighted by atomic mass is 32.2. The van der Waals surface area contributed by atoms with E-state index >= 15 is 0 Å². The lowest BCUT2D eigenvalue weighted by Gasteiger charge is -2.37. The number of sulfonamides is 1. The van der Waals surface area contributed by atoms with Crippen molar-refractivity contribution in [1.82, 2.24) is 9.78 Å². The minimum atomic E-state index is -3.54. The largest absolute Gasteiger partial charge is 0.280 e. The van der Waals surface area contributed by atoms with Gasteiger partial charge < -0.3 is 0 Å². The van der Waals surface area contributed by atoms with Crippen molar-refractivity contribution in [2.45, 2.75) is 33.1 Å². The summed E-state index contributed by atoms with van der Waals surface area (Å²) in [5, 5.41) is 3.76. The Hall–Kier alpha value is -1.18. The third-order valence-corrected chi connectivity index (χ3v) is 5.50. The highest BCUT2D eigenvalue weighted by molar-refractivity contribution is 7.92. The summed E-state index contributed by atoms with van der Waals surface area (Å²) >= 11 is 0. The summed E-state index contributed by atoms with van der Waals surface area (Å²) < 4.78 is 52.6. The molecule has 5 nitrogen and oxygen atoms in total. The van der Waals surface area contributed by atoms with E-state index in [2.05, 4.69) is 23.7 Å². The molecule has 0 radical (unpaired) electrons. The molecule has 1 aliphatic carbocycles. The van der Waals surface area contributed by atoms with Gasteiger partial charge in [0.25, 0.3) is 6.43 Å². The van der Waals surface area contributed by atoms with Gasteiger partial charge in [0, 0.05) is 13.1 Å². The van der Waals surface area contributed by atoms with Crippen molar-refractivity contribution in [1.29, 1.82) is 0 Å². The third kappa shape index (κ3) is 3.93. The molecule has 0 unspecified atom stereocenters. The smallest absolute Gasteiger partial charge is 0.266 e. The maximum atomic E-state index is 12.6. The number of alkyl halides is 2. The highest BCUT2D eigenvalue weighted by Gasteiger charge is 2.34. The van der Waals surface area contributed by atoms with Gasteiger partial charge in [-0.15, -0.1) is 0 Å². The lowest BCUT2D eigenvalue weighted by molar-refractivity contribution is 0.141. The van der Waals surface area contributed by atoms with Gasteiger partial charge in [-0.25, -0.2) is 17.2 Å². The van der Waals surface area contributed by atoms with Crippen LogP contribution in [0.3, 0.4) is 0 Å². The molecular formula is C13H21F2N3O2S. The van der Waals surface area contributed by atoms with Crippen LogP contribution in [0, 0.1) is 17.8 Å². The fraction of sp³-hybridized carbons (Fsp3) is 0.769. The van der Waals surface area contributed by atoms with Gasteiger partial charge in [-0.1, -0.05) is 13.8 Å². The zero-order chi connectivity index (χ0) is 15.8. The molecule has 2 rings (SSSR count). The second-order valence-corrected chi connectivity index (χ2v) is 7.87. The maximum Gasteiger partial charge on any atom is 0.280 e. The van der Waals surface area contributed by atoms with Crippen LogP contribution in [0.1, 0.15) is 38.8 Å².